The molecule has 1 aliphatic heterocycles. The molecule has 0 saturated carbocycles. The Morgan fingerprint density at radius 3 is 2.95 bits per heavy atom. The first-order valence-corrected chi connectivity index (χ1v) is 7.66. The monoisotopic (exact) mass is 302 g/mol. The molecule has 0 bridgehead atoms. The summed E-state index contributed by atoms with van der Waals surface area (Å²) in [5, 5.41) is 4.00. The van der Waals surface area contributed by atoms with E-state index in [9.17, 15) is 0 Å². The maximum atomic E-state index is 5.05. The van der Waals surface area contributed by atoms with E-state index in [1.807, 2.05) is 38.2 Å². The normalized spacial score (nSPS) is 18.5. The summed E-state index contributed by atoms with van der Waals surface area (Å²) < 4.78 is 5.05. The number of aryl methyl sites for hydroxylation is 1. The second kappa shape index (κ2) is 6.29. The van der Waals surface area contributed by atoms with Crippen LogP contribution in [0.15, 0.2) is 16.8 Å². The third-order valence-corrected chi connectivity index (χ3v) is 3.93. The summed E-state index contributed by atoms with van der Waals surface area (Å²) in [6, 6.07) is 1.92. The van der Waals surface area contributed by atoms with Crippen LogP contribution in [-0.4, -0.2) is 47.3 Å². The van der Waals surface area contributed by atoms with Gasteiger partial charge in [-0.1, -0.05) is 5.16 Å². The molecule has 0 radical (unpaired) electrons. The zero-order chi connectivity index (χ0) is 15.5. The molecule has 7 heteroatoms. The molecule has 1 aliphatic rings. The van der Waals surface area contributed by atoms with Gasteiger partial charge in [0.1, 0.15) is 5.82 Å². The minimum Gasteiger partial charge on any atom is -0.363 e. The van der Waals surface area contributed by atoms with Crippen molar-refractivity contribution in [2.45, 2.75) is 26.2 Å². The Balaban J connectivity index is 1.68. The Kier molecular flexibility index (Phi) is 4.22. The van der Waals surface area contributed by atoms with Crippen molar-refractivity contribution < 1.29 is 4.52 Å². The van der Waals surface area contributed by atoms with Crippen LogP contribution in [0.1, 0.15) is 24.6 Å². The third-order valence-electron chi connectivity index (χ3n) is 3.93. The van der Waals surface area contributed by atoms with Crippen molar-refractivity contribution >= 4 is 11.8 Å². The number of piperidine rings is 1. The summed E-state index contributed by atoms with van der Waals surface area (Å²) in [5.74, 6) is 3.68. The van der Waals surface area contributed by atoms with E-state index in [-0.39, 0.29) is 0 Å². The predicted molar refractivity (Wildman–Crippen MR) is 84.0 cm³/mol. The van der Waals surface area contributed by atoms with Gasteiger partial charge in [-0.3, -0.25) is 0 Å². The van der Waals surface area contributed by atoms with Gasteiger partial charge in [-0.2, -0.15) is 9.97 Å². The maximum Gasteiger partial charge on any atom is 0.227 e. The second-order valence-electron chi connectivity index (χ2n) is 6.00. The second-order valence-corrected chi connectivity index (χ2v) is 6.00. The van der Waals surface area contributed by atoms with E-state index in [2.05, 4.69) is 25.0 Å². The van der Waals surface area contributed by atoms with Gasteiger partial charge < -0.3 is 14.3 Å². The Bertz CT molecular complexity index is 626. The Hall–Kier alpha value is -2.18. The van der Waals surface area contributed by atoms with Gasteiger partial charge in [0, 0.05) is 46.7 Å². The lowest BCUT2D eigenvalue weighted by molar-refractivity contribution is 0.369. The van der Waals surface area contributed by atoms with E-state index in [1.165, 1.54) is 6.42 Å². The van der Waals surface area contributed by atoms with Crippen molar-refractivity contribution in [3.63, 3.8) is 0 Å². The van der Waals surface area contributed by atoms with Gasteiger partial charge in [0.25, 0.3) is 0 Å². The minimum absolute atomic E-state index is 0.511. The molecule has 0 amide bonds. The van der Waals surface area contributed by atoms with E-state index in [1.54, 1.807) is 0 Å². The van der Waals surface area contributed by atoms with Gasteiger partial charge in [0.15, 0.2) is 5.82 Å². The average molecular weight is 302 g/mol. The van der Waals surface area contributed by atoms with Gasteiger partial charge in [-0.25, -0.2) is 4.98 Å². The van der Waals surface area contributed by atoms with Crippen LogP contribution in [0.4, 0.5) is 11.8 Å². The number of rotatable bonds is 4. The number of hydrogen-bond acceptors (Lipinski definition) is 7. The fraction of sp³-hybridized carbons (Fsp3) is 0.600. The molecule has 0 N–H and O–H groups in total. The molecule has 0 aromatic carbocycles. The zero-order valence-corrected chi connectivity index (χ0v) is 13.4. The molecule has 1 saturated heterocycles. The SMILES string of the molecule is Cc1nc(CC2CCCN(c3nccc(N(C)C)n3)C2)no1. The molecule has 22 heavy (non-hydrogen) atoms. The molecule has 1 fully saturated rings. The molecule has 2 aromatic rings. The van der Waals surface area contributed by atoms with Crippen molar-refractivity contribution in [2.24, 2.45) is 5.92 Å². The predicted octanol–water partition coefficient (Wildman–Crippen LogP) is 1.69. The van der Waals surface area contributed by atoms with E-state index in [0.717, 1.165) is 43.5 Å². The Labute approximate surface area is 130 Å². The summed E-state index contributed by atoms with van der Waals surface area (Å²) >= 11 is 0. The fourth-order valence-corrected chi connectivity index (χ4v) is 2.84. The van der Waals surface area contributed by atoms with Crippen LogP contribution in [-0.2, 0) is 6.42 Å². The van der Waals surface area contributed by atoms with E-state index >= 15 is 0 Å². The smallest absolute Gasteiger partial charge is 0.227 e. The highest BCUT2D eigenvalue weighted by atomic mass is 16.5. The first-order valence-electron chi connectivity index (χ1n) is 7.66. The van der Waals surface area contributed by atoms with Crippen molar-refractivity contribution in [3.05, 3.63) is 24.0 Å². The Morgan fingerprint density at radius 2 is 2.23 bits per heavy atom. The van der Waals surface area contributed by atoms with E-state index in [4.69, 9.17) is 4.52 Å². The van der Waals surface area contributed by atoms with Gasteiger partial charge in [-0.15, -0.1) is 0 Å². The van der Waals surface area contributed by atoms with Crippen molar-refractivity contribution in [1.29, 1.82) is 0 Å². The molecule has 7 nitrogen and oxygen atoms in total. The van der Waals surface area contributed by atoms with Crippen LogP contribution in [0.2, 0.25) is 0 Å². The highest BCUT2D eigenvalue weighted by Crippen LogP contribution is 2.23. The molecule has 3 heterocycles. The molecule has 1 atom stereocenters. The molecule has 0 spiro atoms. The Morgan fingerprint density at radius 1 is 1.36 bits per heavy atom. The molecular weight excluding hydrogens is 280 g/mol. The van der Waals surface area contributed by atoms with Crippen molar-refractivity contribution in [2.75, 3.05) is 37.0 Å². The largest absolute Gasteiger partial charge is 0.363 e. The van der Waals surface area contributed by atoms with Gasteiger partial charge in [0.05, 0.1) is 0 Å². The van der Waals surface area contributed by atoms with Crippen LogP contribution in [0.3, 0.4) is 0 Å². The molecule has 3 rings (SSSR count). The van der Waals surface area contributed by atoms with Gasteiger partial charge in [-0.05, 0) is 24.8 Å². The molecular formula is C15H22N6O. The molecule has 118 valence electrons. The third kappa shape index (κ3) is 3.35. The van der Waals surface area contributed by atoms with Gasteiger partial charge >= 0.3 is 0 Å². The van der Waals surface area contributed by atoms with Crippen LogP contribution in [0, 0.1) is 12.8 Å². The number of aromatic nitrogens is 4. The van der Waals surface area contributed by atoms with E-state index in [0.29, 0.717) is 11.8 Å². The number of hydrogen-bond donors (Lipinski definition) is 0. The topological polar surface area (TPSA) is 71.2 Å². The van der Waals surface area contributed by atoms with Crippen molar-refractivity contribution in [3.8, 4) is 0 Å². The van der Waals surface area contributed by atoms with Crippen LogP contribution < -0.4 is 9.80 Å². The first-order chi connectivity index (χ1) is 10.6. The summed E-state index contributed by atoms with van der Waals surface area (Å²) in [6.45, 7) is 3.76. The first kappa shape index (κ1) is 14.7. The average Bonchev–Trinajstić information content (AvgIpc) is 2.93. The number of nitrogens with zero attached hydrogens (tertiary/aromatic N) is 6. The fourth-order valence-electron chi connectivity index (χ4n) is 2.84. The summed E-state index contributed by atoms with van der Waals surface area (Å²) in [5.41, 5.74) is 0. The lowest BCUT2D eigenvalue weighted by Gasteiger charge is -2.32. The lowest BCUT2D eigenvalue weighted by atomic mass is 9.95. The molecule has 1 unspecified atom stereocenters. The summed E-state index contributed by atoms with van der Waals surface area (Å²) in [4.78, 5) is 17.6. The zero-order valence-electron chi connectivity index (χ0n) is 13.4. The maximum absolute atomic E-state index is 5.05. The quantitative estimate of drug-likeness (QED) is 0.851. The standard InChI is InChI=1S/C15H22N6O/c1-11-17-13(19-22-11)9-12-5-4-8-21(10-12)15-16-7-6-14(18-15)20(2)3/h6-7,12H,4-5,8-10H2,1-3H3. The van der Waals surface area contributed by atoms with Gasteiger partial charge in [0.2, 0.25) is 11.8 Å². The molecule has 2 aromatic heterocycles. The molecule has 0 aliphatic carbocycles. The number of anilines is 2. The highest BCUT2D eigenvalue weighted by molar-refractivity contribution is 5.42. The minimum atomic E-state index is 0.511. The van der Waals surface area contributed by atoms with Crippen molar-refractivity contribution in [1.82, 2.24) is 20.1 Å². The summed E-state index contributed by atoms with van der Waals surface area (Å²) in [6.07, 6.45) is 4.99. The lowest BCUT2D eigenvalue weighted by Crippen LogP contribution is -2.37. The van der Waals surface area contributed by atoms with Crippen LogP contribution >= 0.6 is 0 Å². The van der Waals surface area contributed by atoms with E-state index < -0.39 is 0 Å². The summed E-state index contributed by atoms with van der Waals surface area (Å²) in [7, 11) is 3.98. The van der Waals surface area contributed by atoms with Crippen LogP contribution in [0.25, 0.3) is 0 Å². The highest BCUT2D eigenvalue weighted by Gasteiger charge is 2.23. The van der Waals surface area contributed by atoms with Crippen LogP contribution in [0.5, 0.6) is 0 Å².